The molecule has 0 aromatic carbocycles. The molecule has 21 heavy (non-hydrogen) atoms. The molecule has 0 amide bonds. The van der Waals surface area contributed by atoms with Crippen molar-refractivity contribution in [3.8, 4) is 0 Å². The van der Waals surface area contributed by atoms with Crippen LogP contribution in [0, 0.1) is 6.92 Å². The minimum atomic E-state index is 0.183. The lowest BCUT2D eigenvalue weighted by molar-refractivity contribution is 0.132. The molecule has 0 aliphatic carbocycles. The molecule has 2 unspecified atom stereocenters. The van der Waals surface area contributed by atoms with Crippen LogP contribution in [0.1, 0.15) is 37.4 Å². The minimum absolute atomic E-state index is 0.183. The largest absolute Gasteiger partial charge is 0.354 e. The van der Waals surface area contributed by atoms with Crippen LogP contribution in [-0.2, 0) is 13.5 Å². The van der Waals surface area contributed by atoms with Gasteiger partial charge in [0, 0.05) is 44.3 Å². The number of aryl methyl sites for hydroxylation is 2. The van der Waals surface area contributed by atoms with Gasteiger partial charge in [0.2, 0.25) is 0 Å². The normalized spacial score (nSPS) is 25.0. The first-order valence-electron chi connectivity index (χ1n) is 8.33. The molecule has 5 heteroatoms. The van der Waals surface area contributed by atoms with Crippen molar-refractivity contribution in [3.63, 3.8) is 0 Å². The van der Waals surface area contributed by atoms with Crippen molar-refractivity contribution >= 4 is 5.82 Å². The van der Waals surface area contributed by atoms with Crippen LogP contribution in [0.3, 0.4) is 0 Å². The van der Waals surface area contributed by atoms with Crippen molar-refractivity contribution < 1.29 is 0 Å². The van der Waals surface area contributed by atoms with Gasteiger partial charge < -0.3 is 10.6 Å². The van der Waals surface area contributed by atoms with E-state index in [0.29, 0.717) is 0 Å². The van der Waals surface area contributed by atoms with Crippen molar-refractivity contribution in [2.75, 3.05) is 31.1 Å². The Morgan fingerprint density at radius 3 is 2.86 bits per heavy atom. The van der Waals surface area contributed by atoms with Crippen LogP contribution in [-0.4, -0.2) is 52.9 Å². The zero-order chi connectivity index (χ0) is 15.0. The summed E-state index contributed by atoms with van der Waals surface area (Å²) in [5, 5.41) is 4.65. The Morgan fingerprint density at radius 1 is 1.29 bits per heavy atom. The second-order valence-corrected chi connectivity index (χ2v) is 6.82. The average molecular weight is 291 g/mol. The van der Waals surface area contributed by atoms with Crippen LogP contribution in [0.25, 0.3) is 0 Å². The van der Waals surface area contributed by atoms with E-state index in [9.17, 15) is 0 Å². The van der Waals surface area contributed by atoms with Gasteiger partial charge >= 0.3 is 0 Å². The van der Waals surface area contributed by atoms with Crippen molar-refractivity contribution in [1.29, 1.82) is 0 Å². The molecule has 2 aliphatic heterocycles. The van der Waals surface area contributed by atoms with Crippen LogP contribution < -0.4 is 10.6 Å². The lowest BCUT2D eigenvalue weighted by atomic mass is 9.99. The fourth-order valence-electron chi connectivity index (χ4n) is 3.99. The van der Waals surface area contributed by atoms with Gasteiger partial charge in [-0.25, -0.2) is 0 Å². The third kappa shape index (κ3) is 2.94. The lowest BCUT2D eigenvalue weighted by Crippen LogP contribution is -2.55. The zero-order valence-electron chi connectivity index (χ0n) is 13.7. The summed E-state index contributed by atoms with van der Waals surface area (Å²) in [6.07, 6.45) is 5.01. The van der Waals surface area contributed by atoms with E-state index in [1.807, 2.05) is 0 Å². The van der Waals surface area contributed by atoms with Crippen LogP contribution in [0.4, 0.5) is 5.82 Å². The molecule has 0 bridgehead atoms. The Kier molecular flexibility index (Phi) is 4.22. The highest BCUT2D eigenvalue weighted by molar-refractivity contribution is 5.51. The fraction of sp³-hybridized carbons (Fsp3) is 0.812. The van der Waals surface area contributed by atoms with E-state index in [4.69, 9.17) is 5.73 Å². The number of nitrogens with zero attached hydrogens (tertiary/aromatic N) is 4. The number of hydrogen-bond donors (Lipinski definition) is 1. The SMILES string of the molecule is Cc1nn(C)c(N2CCN3CCCCC3C2)c1CC(C)N. The predicted molar refractivity (Wildman–Crippen MR) is 86.7 cm³/mol. The van der Waals surface area contributed by atoms with Crippen molar-refractivity contribution in [1.82, 2.24) is 14.7 Å². The van der Waals surface area contributed by atoms with Gasteiger partial charge in [-0.15, -0.1) is 0 Å². The van der Waals surface area contributed by atoms with Crippen LogP contribution in [0.2, 0.25) is 0 Å². The lowest BCUT2D eigenvalue weighted by Gasteiger charge is -2.45. The van der Waals surface area contributed by atoms with Crippen LogP contribution in [0.15, 0.2) is 0 Å². The second kappa shape index (κ2) is 5.97. The molecule has 3 heterocycles. The fourth-order valence-corrected chi connectivity index (χ4v) is 3.99. The van der Waals surface area contributed by atoms with Crippen molar-refractivity contribution in [2.45, 2.75) is 51.6 Å². The summed E-state index contributed by atoms with van der Waals surface area (Å²) in [6, 6.07) is 0.911. The average Bonchev–Trinajstić information content (AvgIpc) is 2.72. The molecule has 118 valence electrons. The first kappa shape index (κ1) is 14.9. The number of nitrogens with two attached hydrogens (primary N) is 1. The molecule has 2 atom stereocenters. The Labute approximate surface area is 128 Å². The molecule has 1 aromatic rings. The van der Waals surface area contributed by atoms with Crippen LogP contribution >= 0.6 is 0 Å². The molecule has 2 N–H and O–H groups in total. The van der Waals surface area contributed by atoms with E-state index in [1.165, 1.54) is 43.7 Å². The summed E-state index contributed by atoms with van der Waals surface area (Å²) < 4.78 is 2.06. The molecule has 0 spiro atoms. The maximum absolute atomic E-state index is 6.04. The number of rotatable bonds is 3. The molecular formula is C16H29N5. The predicted octanol–water partition coefficient (Wildman–Crippen LogP) is 1.29. The summed E-state index contributed by atoms with van der Waals surface area (Å²) in [7, 11) is 2.07. The van der Waals surface area contributed by atoms with E-state index in [0.717, 1.165) is 31.2 Å². The Bertz CT molecular complexity index is 493. The van der Waals surface area contributed by atoms with Crippen LogP contribution in [0.5, 0.6) is 0 Å². The van der Waals surface area contributed by atoms with Gasteiger partial charge in [0.1, 0.15) is 5.82 Å². The van der Waals surface area contributed by atoms with Gasteiger partial charge in [-0.05, 0) is 39.7 Å². The number of fused-ring (bicyclic) bond motifs is 1. The van der Waals surface area contributed by atoms with E-state index in [-0.39, 0.29) is 6.04 Å². The molecule has 0 saturated carbocycles. The molecule has 3 rings (SSSR count). The summed E-state index contributed by atoms with van der Waals surface area (Å²) in [4.78, 5) is 5.22. The number of anilines is 1. The number of hydrogen-bond acceptors (Lipinski definition) is 4. The van der Waals surface area contributed by atoms with Crippen molar-refractivity contribution in [3.05, 3.63) is 11.3 Å². The van der Waals surface area contributed by atoms with E-state index in [2.05, 4.69) is 40.5 Å². The first-order chi connectivity index (χ1) is 10.1. The summed E-state index contributed by atoms with van der Waals surface area (Å²) in [5.74, 6) is 1.30. The molecule has 2 fully saturated rings. The van der Waals surface area contributed by atoms with E-state index in [1.54, 1.807) is 0 Å². The third-order valence-corrected chi connectivity index (χ3v) is 4.98. The van der Waals surface area contributed by atoms with E-state index >= 15 is 0 Å². The zero-order valence-corrected chi connectivity index (χ0v) is 13.7. The highest BCUT2D eigenvalue weighted by Crippen LogP contribution is 2.29. The number of aromatic nitrogens is 2. The minimum Gasteiger partial charge on any atom is -0.354 e. The standard InChI is InChI=1S/C16H29N5/c1-12(17)10-15-13(2)18-19(3)16(15)21-9-8-20-7-5-4-6-14(20)11-21/h12,14H,4-11,17H2,1-3H3. The van der Waals surface area contributed by atoms with Gasteiger partial charge in [-0.3, -0.25) is 9.58 Å². The highest BCUT2D eigenvalue weighted by Gasteiger charge is 2.31. The molecule has 5 nitrogen and oxygen atoms in total. The second-order valence-electron chi connectivity index (χ2n) is 6.82. The molecule has 2 saturated heterocycles. The summed E-state index contributed by atoms with van der Waals surface area (Å²) in [6.45, 7) is 8.92. The maximum Gasteiger partial charge on any atom is 0.130 e. The highest BCUT2D eigenvalue weighted by atomic mass is 15.4. The van der Waals surface area contributed by atoms with Gasteiger partial charge in [0.15, 0.2) is 0 Å². The van der Waals surface area contributed by atoms with Gasteiger partial charge in [-0.1, -0.05) is 6.42 Å². The smallest absolute Gasteiger partial charge is 0.130 e. The summed E-state index contributed by atoms with van der Waals surface area (Å²) in [5.41, 5.74) is 8.52. The number of piperazine rings is 1. The molecule has 0 radical (unpaired) electrons. The topological polar surface area (TPSA) is 50.3 Å². The Balaban J connectivity index is 1.83. The molecule has 2 aliphatic rings. The Morgan fingerprint density at radius 2 is 2.10 bits per heavy atom. The molecular weight excluding hydrogens is 262 g/mol. The Hall–Kier alpha value is -1.07. The van der Waals surface area contributed by atoms with Gasteiger partial charge in [0.25, 0.3) is 0 Å². The third-order valence-electron chi connectivity index (χ3n) is 4.98. The first-order valence-corrected chi connectivity index (χ1v) is 8.33. The van der Waals surface area contributed by atoms with Gasteiger partial charge in [0.05, 0.1) is 5.69 Å². The van der Waals surface area contributed by atoms with E-state index < -0.39 is 0 Å². The van der Waals surface area contributed by atoms with Gasteiger partial charge in [-0.2, -0.15) is 5.10 Å². The maximum atomic E-state index is 6.04. The summed E-state index contributed by atoms with van der Waals surface area (Å²) >= 11 is 0. The monoisotopic (exact) mass is 291 g/mol. The molecule has 1 aromatic heterocycles. The quantitative estimate of drug-likeness (QED) is 0.912. The number of piperidine rings is 1. The van der Waals surface area contributed by atoms with Crippen molar-refractivity contribution in [2.24, 2.45) is 12.8 Å².